The lowest BCUT2D eigenvalue weighted by molar-refractivity contribution is 0.213. The molecular weight excluding hydrogens is 282 g/mol. The van der Waals surface area contributed by atoms with Gasteiger partial charge in [0.1, 0.15) is 0 Å². The summed E-state index contributed by atoms with van der Waals surface area (Å²) in [6, 6.07) is 7.15. The highest BCUT2D eigenvalue weighted by Crippen LogP contribution is 2.26. The molecule has 118 valence electrons. The van der Waals surface area contributed by atoms with Gasteiger partial charge in [-0.05, 0) is 44.1 Å². The number of nitrogens with zero attached hydrogens (tertiary/aromatic N) is 2. The lowest BCUT2D eigenvalue weighted by Crippen LogP contribution is -2.51. The van der Waals surface area contributed by atoms with Crippen molar-refractivity contribution in [3.05, 3.63) is 28.8 Å². The minimum Gasteiger partial charge on any atom is -0.369 e. The van der Waals surface area contributed by atoms with Gasteiger partial charge >= 0.3 is 0 Å². The third kappa shape index (κ3) is 4.35. The molecule has 1 atom stereocenters. The van der Waals surface area contributed by atoms with Crippen LogP contribution in [0.4, 0.5) is 5.69 Å². The van der Waals surface area contributed by atoms with E-state index in [-0.39, 0.29) is 0 Å². The van der Waals surface area contributed by atoms with Crippen LogP contribution in [-0.2, 0) is 6.54 Å². The number of likely N-dealkylation sites (N-methyl/N-ethyl adjacent to an activating group) is 1. The highest BCUT2D eigenvalue weighted by molar-refractivity contribution is 6.31. The fraction of sp³-hybridized carbons (Fsp3) is 0.647. The van der Waals surface area contributed by atoms with E-state index in [0.717, 1.165) is 44.2 Å². The molecule has 4 heteroatoms. The maximum atomic E-state index is 6.45. The Morgan fingerprint density at radius 2 is 2.10 bits per heavy atom. The molecule has 0 bridgehead atoms. The first-order valence-corrected chi connectivity index (χ1v) is 8.47. The zero-order valence-corrected chi connectivity index (χ0v) is 14.3. The van der Waals surface area contributed by atoms with Crippen LogP contribution in [0.1, 0.15) is 32.3 Å². The third-order valence-electron chi connectivity index (χ3n) is 4.39. The first-order valence-electron chi connectivity index (χ1n) is 8.10. The van der Waals surface area contributed by atoms with Crippen molar-refractivity contribution < 1.29 is 0 Å². The zero-order chi connectivity index (χ0) is 15.2. The fourth-order valence-electron chi connectivity index (χ4n) is 2.90. The fourth-order valence-corrected chi connectivity index (χ4v) is 3.14. The van der Waals surface area contributed by atoms with E-state index >= 15 is 0 Å². The molecule has 1 aliphatic heterocycles. The molecule has 1 aliphatic rings. The molecule has 2 rings (SSSR count). The van der Waals surface area contributed by atoms with Crippen molar-refractivity contribution in [3.63, 3.8) is 0 Å². The van der Waals surface area contributed by atoms with E-state index in [1.807, 2.05) is 0 Å². The van der Waals surface area contributed by atoms with E-state index in [9.17, 15) is 0 Å². The van der Waals surface area contributed by atoms with Gasteiger partial charge < -0.3 is 10.2 Å². The van der Waals surface area contributed by atoms with Crippen LogP contribution >= 0.6 is 11.6 Å². The smallest absolute Gasteiger partial charge is 0.0471 e. The van der Waals surface area contributed by atoms with Gasteiger partial charge in [0.2, 0.25) is 0 Å². The Morgan fingerprint density at radius 3 is 2.76 bits per heavy atom. The summed E-state index contributed by atoms with van der Waals surface area (Å²) < 4.78 is 0. The number of hydrogen-bond acceptors (Lipinski definition) is 3. The Labute approximate surface area is 134 Å². The number of halogens is 1. The predicted molar refractivity (Wildman–Crippen MR) is 92.4 cm³/mol. The number of hydrogen-bond donors (Lipinski definition) is 1. The SMILES string of the molecule is CCCNCc1ccc(N2CCN(C)C(CC)C2)cc1Cl. The van der Waals surface area contributed by atoms with Crippen LogP contribution in [0, 0.1) is 0 Å². The third-order valence-corrected chi connectivity index (χ3v) is 4.74. The molecule has 1 fully saturated rings. The van der Waals surface area contributed by atoms with Gasteiger partial charge in [0.05, 0.1) is 0 Å². The lowest BCUT2D eigenvalue weighted by atomic mass is 10.1. The minimum absolute atomic E-state index is 0.642. The maximum Gasteiger partial charge on any atom is 0.0471 e. The molecule has 0 amide bonds. The van der Waals surface area contributed by atoms with Crippen molar-refractivity contribution in [1.29, 1.82) is 0 Å². The average Bonchev–Trinajstić information content (AvgIpc) is 2.49. The Morgan fingerprint density at radius 1 is 1.29 bits per heavy atom. The molecule has 1 N–H and O–H groups in total. The van der Waals surface area contributed by atoms with Gasteiger partial charge in [-0.2, -0.15) is 0 Å². The Bertz CT molecular complexity index is 450. The summed E-state index contributed by atoms with van der Waals surface area (Å²) >= 11 is 6.45. The van der Waals surface area contributed by atoms with Crippen LogP contribution in [0.25, 0.3) is 0 Å². The Hall–Kier alpha value is -0.770. The minimum atomic E-state index is 0.642. The monoisotopic (exact) mass is 309 g/mol. The van der Waals surface area contributed by atoms with E-state index in [2.05, 4.69) is 54.2 Å². The summed E-state index contributed by atoms with van der Waals surface area (Å²) in [4.78, 5) is 4.92. The molecule has 1 saturated heterocycles. The molecule has 1 aromatic carbocycles. The van der Waals surface area contributed by atoms with Gasteiger partial charge in [-0.1, -0.05) is 31.5 Å². The van der Waals surface area contributed by atoms with E-state index in [4.69, 9.17) is 11.6 Å². The van der Waals surface area contributed by atoms with Crippen LogP contribution in [0.3, 0.4) is 0 Å². The van der Waals surface area contributed by atoms with Crippen LogP contribution in [0.5, 0.6) is 0 Å². The topological polar surface area (TPSA) is 18.5 Å². The van der Waals surface area contributed by atoms with Crippen molar-refractivity contribution in [2.45, 2.75) is 39.3 Å². The second kappa shape index (κ2) is 8.02. The summed E-state index contributed by atoms with van der Waals surface area (Å²) in [5.74, 6) is 0. The second-order valence-electron chi connectivity index (χ2n) is 5.94. The maximum absolute atomic E-state index is 6.45. The van der Waals surface area contributed by atoms with Crippen molar-refractivity contribution in [1.82, 2.24) is 10.2 Å². The summed E-state index contributed by atoms with van der Waals surface area (Å²) in [6.07, 6.45) is 2.34. The highest BCUT2D eigenvalue weighted by atomic mass is 35.5. The number of anilines is 1. The van der Waals surface area contributed by atoms with Crippen molar-refractivity contribution in [2.75, 3.05) is 38.1 Å². The Balaban J connectivity index is 2.02. The lowest BCUT2D eigenvalue weighted by Gasteiger charge is -2.40. The molecule has 0 aromatic heterocycles. The van der Waals surface area contributed by atoms with Gasteiger partial charge in [-0.15, -0.1) is 0 Å². The van der Waals surface area contributed by atoms with Crippen molar-refractivity contribution in [2.24, 2.45) is 0 Å². The van der Waals surface area contributed by atoms with Gasteiger partial charge in [-0.3, -0.25) is 4.90 Å². The van der Waals surface area contributed by atoms with E-state index in [0.29, 0.717) is 6.04 Å². The predicted octanol–water partition coefficient (Wildman–Crippen LogP) is 3.37. The number of benzene rings is 1. The summed E-state index contributed by atoms with van der Waals surface area (Å²) in [5, 5.41) is 4.29. The summed E-state index contributed by atoms with van der Waals surface area (Å²) in [6.45, 7) is 9.63. The molecule has 1 aromatic rings. The molecule has 0 aliphatic carbocycles. The van der Waals surface area contributed by atoms with Crippen molar-refractivity contribution >= 4 is 17.3 Å². The zero-order valence-electron chi connectivity index (χ0n) is 13.5. The van der Waals surface area contributed by atoms with Crippen LogP contribution in [0.15, 0.2) is 18.2 Å². The molecule has 0 radical (unpaired) electrons. The first-order chi connectivity index (χ1) is 10.2. The quantitative estimate of drug-likeness (QED) is 0.813. The number of rotatable bonds is 6. The van der Waals surface area contributed by atoms with E-state index in [1.165, 1.54) is 17.7 Å². The van der Waals surface area contributed by atoms with Crippen LogP contribution in [-0.4, -0.2) is 44.2 Å². The van der Waals surface area contributed by atoms with E-state index < -0.39 is 0 Å². The number of nitrogens with one attached hydrogen (secondary N) is 1. The molecule has 1 unspecified atom stereocenters. The second-order valence-corrected chi connectivity index (χ2v) is 6.35. The first kappa shape index (κ1) is 16.6. The van der Waals surface area contributed by atoms with Gasteiger partial charge in [0, 0.05) is 42.9 Å². The standard InChI is InChI=1S/C17H28ClN3/c1-4-8-19-12-14-6-7-16(11-17(14)18)21-10-9-20(3)15(5-2)13-21/h6-7,11,15,19H,4-5,8-10,12-13H2,1-3H3. The average molecular weight is 310 g/mol. The molecule has 21 heavy (non-hydrogen) atoms. The largest absolute Gasteiger partial charge is 0.369 e. The van der Waals surface area contributed by atoms with E-state index in [1.54, 1.807) is 0 Å². The molecule has 0 spiro atoms. The van der Waals surface area contributed by atoms with Crippen LogP contribution < -0.4 is 10.2 Å². The molecular formula is C17H28ClN3. The summed E-state index contributed by atoms with van der Waals surface area (Å²) in [7, 11) is 2.22. The van der Waals surface area contributed by atoms with Crippen molar-refractivity contribution in [3.8, 4) is 0 Å². The highest BCUT2D eigenvalue weighted by Gasteiger charge is 2.23. The molecule has 3 nitrogen and oxygen atoms in total. The Kier molecular flexibility index (Phi) is 6.34. The van der Waals surface area contributed by atoms with Crippen LogP contribution in [0.2, 0.25) is 5.02 Å². The molecule has 1 heterocycles. The molecule has 0 saturated carbocycles. The normalized spacial score (nSPS) is 20.0. The van der Waals surface area contributed by atoms with Gasteiger partial charge in [0.15, 0.2) is 0 Å². The van der Waals surface area contributed by atoms with Gasteiger partial charge in [-0.25, -0.2) is 0 Å². The summed E-state index contributed by atoms with van der Waals surface area (Å²) in [5.41, 5.74) is 2.45. The van der Waals surface area contributed by atoms with Gasteiger partial charge in [0.25, 0.3) is 0 Å². The number of piperazine rings is 1.